The minimum absolute atomic E-state index is 0.00748. The van der Waals surface area contributed by atoms with Gasteiger partial charge in [0.15, 0.2) is 9.84 Å². The summed E-state index contributed by atoms with van der Waals surface area (Å²) in [5.74, 6) is 1.86. The molecule has 1 aliphatic rings. The van der Waals surface area contributed by atoms with E-state index < -0.39 is 9.84 Å². The summed E-state index contributed by atoms with van der Waals surface area (Å²) in [6.45, 7) is 4.67. The Kier molecular flexibility index (Phi) is 3.93. The van der Waals surface area contributed by atoms with Crippen LogP contribution in [0.5, 0.6) is 0 Å². The molecule has 0 radical (unpaired) electrons. The predicted octanol–water partition coefficient (Wildman–Crippen LogP) is 0.840. The molecule has 0 aromatic carbocycles. The molecular weight excluding hydrogens is 264 g/mol. The number of hydrogen-bond donors (Lipinski definition) is 1. The lowest BCUT2D eigenvalue weighted by Crippen LogP contribution is -2.34. The lowest BCUT2D eigenvalue weighted by molar-refractivity contribution is 0.600. The SMILES string of the molecule is CCNc1ncc(C)c(N(C)C2CCS(=O)(=O)C2)n1. The summed E-state index contributed by atoms with van der Waals surface area (Å²) in [7, 11) is -0.983. The third-order valence-electron chi connectivity index (χ3n) is 3.37. The van der Waals surface area contributed by atoms with Crippen molar-refractivity contribution in [3.8, 4) is 0 Å². The van der Waals surface area contributed by atoms with Crippen molar-refractivity contribution in [1.29, 1.82) is 0 Å². The molecule has 2 heterocycles. The van der Waals surface area contributed by atoms with Crippen LogP contribution in [0.1, 0.15) is 18.9 Å². The Hall–Kier alpha value is -1.37. The van der Waals surface area contributed by atoms with Gasteiger partial charge < -0.3 is 10.2 Å². The average molecular weight is 284 g/mol. The fourth-order valence-electron chi connectivity index (χ4n) is 2.29. The zero-order valence-electron chi connectivity index (χ0n) is 11.5. The van der Waals surface area contributed by atoms with Crippen molar-refractivity contribution < 1.29 is 8.42 Å². The maximum atomic E-state index is 11.6. The number of nitrogens with zero attached hydrogens (tertiary/aromatic N) is 3. The summed E-state index contributed by atoms with van der Waals surface area (Å²) in [6.07, 6.45) is 2.43. The molecule has 106 valence electrons. The Morgan fingerprint density at radius 2 is 2.26 bits per heavy atom. The van der Waals surface area contributed by atoms with E-state index in [1.807, 2.05) is 25.8 Å². The van der Waals surface area contributed by atoms with Crippen LogP contribution in [0.25, 0.3) is 0 Å². The monoisotopic (exact) mass is 284 g/mol. The highest BCUT2D eigenvalue weighted by Crippen LogP contribution is 2.24. The van der Waals surface area contributed by atoms with Crippen LogP contribution in [0.2, 0.25) is 0 Å². The average Bonchev–Trinajstić information content (AvgIpc) is 2.72. The molecule has 1 N–H and O–H groups in total. The van der Waals surface area contributed by atoms with E-state index in [1.165, 1.54) is 0 Å². The minimum atomic E-state index is -2.88. The van der Waals surface area contributed by atoms with Gasteiger partial charge in [-0.2, -0.15) is 4.98 Å². The molecule has 1 aromatic heterocycles. The van der Waals surface area contributed by atoms with Gasteiger partial charge in [0.05, 0.1) is 11.5 Å². The van der Waals surface area contributed by atoms with Gasteiger partial charge in [-0.25, -0.2) is 13.4 Å². The minimum Gasteiger partial charge on any atom is -0.355 e. The van der Waals surface area contributed by atoms with Crippen LogP contribution >= 0.6 is 0 Å². The van der Waals surface area contributed by atoms with Crippen LogP contribution < -0.4 is 10.2 Å². The van der Waals surface area contributed by atoms with Crippen LogP contribution in [-0.4, -0.2) is 49.5 Å². The lowest BCUT2D eigenvalue weighted by Gasteiger charge is -2.26. The number of rotatable bonds is 4. The highest BCUT2D eigenvalue weighted by atomic mass is 32.2. The van der Waals surface area contributed by atoms with Crippen molar-refractivity contribution >= 4 is 21.6 Å². The second-order valence-corrected chi connectivity index (χ2v) is 7.13. The molecule has 1 fully saturated rings. The number of aryl methyl sites for hydroxylation is 1. The van der Waals surface area contributed by atoms with Crippen molar-refractivity contribution in [3.63, 3.8) is 0 Å². The first kappa shape index (κ1) is 14.0. The third-order valence-corrected chi connectivity index (χ3v) is 5.12. The van der Waals surface area contributed by atoms with E-state index in [-0.39, 0.29) is 17.5 Å². The van der Waals surface area contributed by atoms with Gasteiger partial charge in [0, 0.05) is 31.4 Å². The summed E-state index contributed by atoms with van der Waals surface area (Å²) in [6, 6.07) is 0.00748. The molecule has 7 heteroatoms. The molecule has 1 aromatic rings. The topological polar surface area (TPSA) is 75.2 Å². The highest BCUT2D eigenvalue weighted by Gasteiger charge is 2.31. The summed E-state index contributed by atoms with van der Waals surface area (Å²) in [4.78, 5) is 10.6. The molecule has 19 heavy (non-hydrogen) atoms. The molecule has 0 amide bonds. The number of anilines is 2. The second-order valence-electron chi connectivity index (χ2n) is 4.90. The van der Waals surface area contributed by atoms with E-state index >= 15 is 0 Å². The third kappa shape index (κ3) is 3.15. The highest BCUT2D eigenvalue weighted by molar-refractivity contribution is 7.91. The first-order valence-electron chi connectivity index (χ1n) is 6.43. The van der Waals surface area contributed by atoms with Crippen LogP contribution in [0.3, 0.4) is 0 Å². The summed E-state index contributed by atoms with van der Waals surface area (Å²) in [5, 5.41) is 3.07. The van der Waals surface area contributed by atoms with Crippen molar-refractivity contribution in [2.45, 2.75) is 26.3 Å². The molecule has 0 bridgehead atoms. The van der Waals surface area contributed by atoms with Gasteiger partial charge >= 0.3 is 0 Å². The zero-order valence-corrected chi connectivity index (χ0v) is 12.4. The molecule has 2 rings (SSSR count). The maximum Gasteiger partial charge on any atom is 0.224 e. The molecule has 6 nitrogen and oxygen atoms in total. The van der Waals surface area contributed by atoms with E-state index in [9.17, 15) is 8.42 Å². The molecule has 0 aliphatic carbocycles. The van der Waals surface area contributed by atoms with Gasteiger partial charge in [0.2, 0.25) is 5.95 Å². The van der Waals surface area contributed by atoms with E-state index in [0.29, 0.717) is 12.4 Å². The fraction of sp³-hybridized carbons (Fsp3) is 0.667. The normalized spacial score (nSPS) is 21.3. The molecular formula is C12H20N4O2S. The number of sulfone groups is 1. The maximum absolute atomic E-state index is 11.6. The summed E-state index contributed by atoms with van der Waals surface area (Å²) < 4.78 is 23.1. The van der Waals surface area contributed by atoms with E-state index in [0.717, 1.165) is 17.9 Å². The predicted molar refractivity (Wildman–Crippen MR) is 76.4 cm³/mol. The number of aromatic nitrogens is 2. The fourth-order valence-corrected chi connectivity index (χ4v) is 4.06. The smallest absolute Gasteiger partial charge is 0.224 e. The van der Waals surface area contributed by atoms with Gasteiger partial charge in [-0.15, -0.1) is 0 Å². The Balaban J connectivity index is 2.23. The van der Waals surface area contributed by atoms with E-state index in [2.05, 4.69) is 15.3 Å². The first-order chi connectivity index (χ1) is 8.93. The summed E-state index contributed by atoms with van der Waals surface area (Å²) in [5.41, 5.74) is 0.952. The number of hydrogen-bond acceptors (Lipinski definition) is 6. The lowest BCUT2D eigenvalue weighted by atomic mass is 10.2. The van der Waals surface area contributed by atoms with E-state index in [4.69, 9.17) is 0 Å². The molecule has 0 saturated carbocycles. The Morgan fingerprint density at radius 3 is 2.84 bits per heavy atom. The summed E-state index contributed by atoms with van der Waals surface area (Å²) >= 11 is 0. The number of nitrogens with one attached hydrogen (secondary N) is 1. The van der Waals surface area contributed by atoms with Gasteiger partial charge in [-0.1, -0.05) is 0 Å². The first-order valence-corrected chi connectivity index (χ1v) is 8.26. The van der Waals surface area contributed by atoms with Crippen LogP contribution in [-0.2, 0) is 9.84 Å². The van der Waals surface area contributed by atoms with Crippen molar-refractivity contribution in [3.05, 3.63) is 11.8 Å². The quantitative estimate of drug-likeness (QED) is 0.883. The van der Waals surface area contributed by atoms with E-state index in [1.54, 1.807) is 6.20 Å². The van der Waals surface area contributed by atoms with Gasteiger partial charge in [0.1, 0.15) is 5.82 Å². The van der Waals surface area contributed by atoms with Gasteiger partial charge in [0.25, 0.3) is 0 Å². The molecule has 1 unspecified atom stereocenters. The van der Waals surface area contributed by atoms with Crippen LogP contribution in [0, 0.1) is 6.92 Å². The van der Waals surface area contributed by atoms with Gasteiger partial charge in [-0.05, 0) is 20.3 Å². The van der Waals surface area contributed by atoms with Crippen LogP contribution in [0.15, 0.2) is 6.20 Å². The Labute approximate surface area is 114 Å². The standard InChI is InChI=1S/C12H20N4O2S/c1-4-13-12-14-7-9(2)11(15-12)16(3)10-5-6-19(17,18)8-10/h7,10H,4-6,8H2,1-3H3,(H,13,14,15). The Bertz CT molecular complexity index is 559. The molecule has 1 atom stereocenters. The second kappa shape index (κ2) is 5.32. The van der Waals surface area contributed by atoms with Gasteiger partial charge in [-0.3, -0.25) is 0 Å². The van der Waals surface area contributed by atoms with Crippen molar-refractivity contribution in [2.75, 3.05) is 35.3 Å². The zero-order chi connectivity index (χ0) is 14.0. The largest absolute Gasteiger partial charge is 0.355 e. The Morgan fingerprint density at radius 1 is 1.53 bits per heavy atom. The van der Waals surface area contributed by atoms with Crippen molar-refractivity contribution in [1.82, 2.24) is 9.97 Å². The molecule has 1 saturated heterocycles. The van der Waals surface area contributed by atoms with Crippen LogP contribution in [0.4, 0.5) is 11.8 Å². The molecule has 0 spiro atoms. The molecule has 1 aliphatic heterocycles. The van der Waals surface area contributed by atoms with Crippen molar-refractivity contribution in [2.24, 2.45) is 0 Å².